The molecule has 0 aromatic rings. The van der Waals surface area contributed by atoms with Crippen molar-refractivity contribution in [3.63, 3.8) is 0 Å². The number of nitrogens with one attached hydrogen (secondary N) is 1. The highest BCUT2D eigenvalue weighted by atomic mass is 16.1. The Balaban J connectivity index is 3.25. The third-order valence-electron chi connectivity index (χ3n) is 4.18. The predicted octanol–water partition coefficient (Wildman–Crippen LogP) is 6.94. The van der Waals surface area contributed by atoms with E-state index in [1.54, 1.807) is 0 Å². The van der Waals surface area contributed by atoms with E-state index in [1.165, 1.54) is 77.0 Å². The lowest BCUT2D eigenvalue weighted by Gasteiger charge is -2.20. The van der Waals surface area contributed by atoms with Crippen LogP contribution in [0.4, 0.5) is 0 Å². The Hall–Kier alpha value is -0.790. The first-order valence-electron chi connectivity index (χ1n) is 10.4. The van der Waals surface area contributed by atoms with E-state index in [0.717, 1.165) is 6.42 Å². The Labute approximate surface area is 151 Å². The predicted molar refractivity (Wildman–Crippen MR) is 107 cm³/mol. The van der Waals surface area contributed by atoms with Gasteiger partial charge in [-0.3, -0.25) is 4.79 Å². The SMILES string of the molecule is CCCCCCCCC=CCCCCCCCC(=O)NC(C)(C)C. The fourth-order valence-corrected chi connectivity index (χ4v) is 2.84. The van der Waals surface area contributed by atoms with Gasteiger partial charge in [0.25, 0.3) is 0 Å². The number of carbonyl (C=O) groups excluding carboxylic acids is 1. The van der Waals surface area contributed by atoms with Crippen LogP contribution < -0.4 is 5.32 Å². The highest BCUT2D eigenvalue weighted by Gasteiger charge is 2.12. The molecule has 0 aliphatic carbocycles. The molecule has 142 valence electrons. The zero-order chi connectivity index (χ0) is 18.1. The average molecular weight is 338 g/mol. The Morgan fingerprint density at radius 3 is 1.71 bits per heavy atom. The molecular formula is C22H43NO. The molecule has 0 aromatic heterocycles. The van der Waals surface area contributed by atoms with Crippen LogP contribution >= 0.6 is 0 Å². The van der Waals surface area contributed by atoms with Crippen LogP contribution in [0.1, 0.15) is 118 Å². The van der Waals surface area contributed by atoms with Crippen molar-refractivity contribution in [2.24, 2.45) is 0 Å². The molecule has 0 rings (SSSR count). The first kappa shape index (κ1) is 23.2. The number of amides is 1. The second-order valence-corrected chi connectivity index (χ2v) is 8.13. The Bertz CT molecular complexity index is 314. The van der Waals surface area contributed by atoms with Gasteiger partial charge in [-0.1, -0.05) is 70.4 Å². The zero-order valence-corrected chi connectivity index (χ0v) is 17.0. The maximum Gasteiger partial charge on any atom is 0.220 e. The van der Waals surface area contributed by atoms with E-state index in [-0.39, 0.29) is 11.4 Å². The molecule has 0 radical (unpaired) electrons. The van der Waals surface area contributed by atoms with E-state index in [2.05, 4.69) is 24.4 Å². The first-order valence-corrected chi connectivity index (χ1v) is 10.4. The fourth-order valence-electron chi connectivity index (χ4n) is 2.84. The van der Waals surface area contributed by atoms with Crippen LogP contribution in [0.5, 0.6) is 0 Å². The lowest BCUT2D eigenvalue weighted by Crippen LogP contribution is -2.40. The molecule has 0 aliphatic heterocycles. The van der Waals surface area contributed by atoms with Gasteiger partial charge in [0.1, 0.15) is 0 Å². The smallest absolute Gasteiger partial charge is 0.220 e. The minimum Gasteiger partial charge on any atom is -0.352 e. The van der Waals surface area contributed by atoms with Gasteiger partial charge in [0.15, 0.2) is 0 Å². The Morgan fingerprint density at radius 2 is 1.21 bits per heavy atom. The molecule has 24 heavy (non-hydrogen) atoms. The minimum absolute atomic E-state index is 0.0983. The molecule has 0 unspecified atom stereocenters. The van der Waals surface area contributed by atoms with Gasteiger partial charge in [-0.05, 0) is 52.9 Å². The van der Waals surface area contributed by atoms with Gasteiger partial charge < -0.3 is 5.32 Å². The topological polar surface area (TPSA) is 29.1 Å². The lowest BCUT2D eigenvalue weighted by atomic mass is 10.1. The van der Waals surface area contributed by atoms with Gasteiger partial charge in [0, 0.05) is 12.0 Å². The Kier molecular flexibility index (Phi) is 15.2. The monoisotopic (exact) mass is 337 g/mol. The summed E-state index contributed by atoms with van der Waals surface area (Å²) in [4.78, 5) is 11.7. The fraction of sp³-hybridized carbons (Fsp3) is 0.864. The zero-order valence-electron chi connectivity index (χ0n) is 17.0. The minimum atomic E-state index is -0.0983. The summed E-state index contributed by atoms with van der Waals surface area (Å²) in [5.74, 6) is 0.195. The second-order valence-electron chi connectivity index (χ2n) is 8.13. The summed E-state index contributed by atoms with van der Waals surface area (Å²) in [5, 5.41) is 3.02. The highest BCUT2D eigenvalue weighted by molar-refractivity contribution is 5.76. The largest absolute Gasteiger partial charge is 0.352 e. The summed E-state index contributed by atoms with van der Waals surface area (Å²) in [6.07, 6.45) is 22.3. The molecule has 2 heteroatoms. The molecule has 0 saturated heterocycles. The van der Waals surface area contributed by atoms with E-state index in [1.807, 2.05) is 20.8 Å². The van der Waals surface area contributed by atoms with E-state index in [0.29, 0.717) is 6.42 Å². The lowest BCUT2D eigenvalue weighted by molar-refractivity contribution is -0.122. The summed E-state index contributed by atoms with van der Waals surface area (Å²) in [7, 11) is 0. The highest BCUT2D eigenvalue weighted by Crippen LogP contribution is 2.10. The summed E-state index contributed by atoms with van der Waals surface area (Å²) in [6, 6.07) is 0. The molecule has 0 bridgehead atoms. The number of allylic oxidation sites excluding steroid dienone is 2. The first-order chi connectivity index (χ1) is 11.5. The third kappa shape index (κ3) is 19.3. The van der Waals surface area contributed by atoms with Crippen molar-refractivity contribution in [2.75, 3.05) is 0 Å². The molecule has 1 amide bonds. The van der Waals surface area contributed by atoms with E-state index in [9.17, 15) is 4.79 Å². The van der Waals surface area contributed by atoms with Gasteiger partial charge in [-0.25, -0.2) is 0 Å². The molecule has 0 aliphatic rings. The molecule has 2 nitrogen and oxygen atoms in total. The maximum atomic E-state index is 11.7. The number of unbranched alkanes of at least 4 members (excludes halogenated alkanes) is 11. The molecule has 1 N–H and O–H groups in total. The van der Waals surface area contributed by atoms with Gasteiger partial charge in [-0.15, -0.1) is 0 Å². The summed E-state index contributed by atoms with van der Waals surface area (Å²) >= 11 is 0. The molecular weight excluding hydrogens is 294 g/mol. The summed E-state index contributed by atoms with van der Waals surface area (Å²) < 4.78 is 0. The van der Waals surface area contributed by atoms with Crippen LogP contribution in [0.25, 0.3) is 0 Å². The van der Waals surface area contributed by atoms with Crippen LogP contribution in [0, 0.1) is 0 Å². The maximum absolute atomic E-state index is 11.7. The molecule has 0 heterocycles. The van der Waals surface area contributed by atoms with E-state index >= 15 is 0 Å². The molecule has 0 fully saturated rings. The summed E-state index contributed by atoms with van der Waals surface area (Å²) in [6.45, 7) is 8.37. The number of rotatable bonds is 15. The quantitative estimate of drug-likeness (QED) is 0.254. The van der Waals surface area contributed by atoms with Gasteiger partial charge in [0.05, 0.1) is 0 Å². The molecule has 0 atom stereocenters. The number of carbonyl (C=O) groups is 1. The summed E-state index contributed by atoms with van der Waals surface area (Å²) in [5.41, 5.74) is -0.0983. The van der Waals surface area contributed by atoms with Crippen molar-refractivity contribution in [1.29, 1.82) is 0 Å². The van der Waals surface area contributed by atoms with Gasteiger partial charge >= 0.3 is 0 Å². The second kappa shape index (κ2) is 15.7. The standard InChI is InChI=1S/C22H43NO/c1-5-6-7-8-9-10-11-12-13-14-15-16-17-18-19-20-21(24)23-22(2,3)4/h12-13H,5-11,14-20H2,1-4H3,(H,23,24). The molecule has 0 aromatic carbocycles. The van der Waals surface area contributed by atoms with Crippen LogP contribution in [-0.2, 0) is 4.79 Å². The van der Waals surface area contributed by atoms with Crippen molar-refractivity contribution >= 4 is 5.91 Å². The van der Waals surface area contributed by atoms with Crippen molar-refractivity contribution in [3.05, 3.63) is 12.2 Å². The average Bonchev–Trinajstić information content (AvgIpc) is 2.49. The molecule has 0 saturated carbocycles. The van der Waals surface area contributed by atoms with E-state index < -0.39 is 0 Å². The van der Waals surface area contributed by atoms with Crippen molar-refractivity contribution in [3.8, 4) is 0 Å². The van der Waals surface area contributed by atoms with Crippen LogP contribution in [0.15, 0.2) is 12.2 Å². The van der Waals surface area contributed by atoms with Crippen LogP contribution in [0.3, 0.4) is 0 Å². The van der Waals surface area contributed by atoms with Gasteiger partial charge in [-0.2, -0.15) is 0 Å². The normalized spacial score (nSPS) is 12.0. The van der Waals surface area contributed by atoms with Crippen LogP contribution in [0.2, 0.25) is 0 Å². The van der Waals surface area contributed by atoms with Crippen molar-refractivity contribution < 1.29 is 4.79 Å². The van der Waals surface area contributed by atoms with Crippen LogP contribution in [-0.4, -0.2) is 11.4 Å². The molecule has 0 spiro atoms. The van der Waals surface area contributed by atoms with Gasteiger partial charge in [0.2, 0.25) is 5.91 Å². The third-order valence-corrected chi connectivity index (χ3v) is 4.18. The number of hydrogen-bond acceptors (Lipinski definition) is 1. The van der Waals surface area contributed by atoms with Crippen molar-refractivity contribution in [1.82, 2.24) is 5.32 Å². The van der Waals surface area contributed by atoms with E-state index in [4.69, 9.17) is 0 Å². The number of hydrogen-bond donors (Lipinski definition) is 1. The van der Waals surface area contributed by atoms with Crippen molar-refractivity contribution in [2.45, 2.75) is 123 Å². The Morgan fingerprint density at radius 1 is 0.750 bits per heavy atom.